The highest BCUT2D eigenvalue weighted by molar-refractivity contribution is 8.00. The second-order valence-corrected chi connectivity index (χ2v) is 7.39. The van der Waals surface area contributed by atoms with Crippen LogP contribution in [0.2, 0.25) is 0 Å². The SMILES string of the molecule is O=C(NCC1CCCS1)C1CC2CCCCC2N1. The van der Waals surface area contributed by atoms with E-state index in [1.807, 2.05) is 11.8 Å². The van der Waals surface area contributed by atoms with Crippen molar-refractivity contribution in [1.29, 1.82) is 0 Å². The fraction of sp³-hybridized carbons (Fsp3) is 0.929. The van der Waals surface area contributed by atoms with Gasteiger partial charge in [0.25, 0.3) is 0 Å². The van der Waals surface area contributed by atoms with E-state index in [-0.39, 0.29) is 11.9 Å². The predicted octanol–water partition coefficient (Wildman–Crippen LogP) is 1.92. The molecule has 4 heteroatoms. The Kier molecular flexibility index (Phi) is 4.14. The van der Waals surface area contributed by atoms with Crippen LogP contribution in [0.1, 0.15) is 44.9 Å². The van der Waals surface area contributed by atoms with Gasteiger partial charge in [-0.1, -0.05) is 12.8 Å². The Labute approximate surface area is 114 Å². The standard InChI is InChI=1S/C14H24N2OS/c17-14(15-9-11-5-3-7-18-11)13-8-10-4-1-2-6-12(10)16-13/h10-13,16H,1-9H2,(H,15,17). The lowest BCUT2D eigenvalue weighted by atomic mass is 9.85. The van der Waals surface area contributed by atoms with E-state index in [9.17, 15) is 4.79 Å². The zero-order chi connectivity index (χ0) is 12.4. The van der Waals surface area contributed by atoms with Gasteiger partial charge in [0.1, 0.15) is 0 Å². The molecule has 1 saturated carbocycles. The highest BCUT2D eigenvalue weighted by Crippen LogP contribution is 2.33. The van der Waals surface area contributed by atoms with Crippen LogP contribution in [0.15, 0.2) is 0 Å². The molecule has 2 N–H and O–H groups in total. The molecule has 3 nitrogen and oxygen atoms in total. The number of rotatable bonds is 3. The third kappa shape index (κ3) is 2.85. The lowest BCUT2D eigenvalue weighted by molar-refractivity contribution is -0.122. The van der Waals surface area contributed by atoms with E-state index >= 15 is 0 Å². The van der Waals surface area contributed by atoms with E-state index in [1.54, 1.807) is 0 Å². The minimum Gasteiger partial charge on any atom is -0.354 e. The van der Waals surface area contributed by atoms with Crippen molar-refractivity contribution in [3.63, 3.8) is 0 Å². The highest BCUT2D eigenvalue weighted by Gasteiger charge is 2.38. The van der Waals surface area contributed by atoms with Crippen LogP contribution in [0.4, 0.5) is 0 Å². The highest BCUT2D eigenvalue weighted by atomic mass is 32.2. The van der Waals surface area contributed by atoms with Gasteiger partial charge in [0, 0.05) is 17.8 Å². The molecule has 0 radical (unpaired) electrons. The molecule has 0 bridgehead atoms. The molecule has 1 aliphatic carbocycles. The summed E-state index contributed by atoms with van der Waals surface area (Å²) in [4.78, 5) is 12.2. The summed E-state index contributed by atoms with van der Waals surface area (Å²) in [7, 11) is 0. The first-order chi connectivity index (χ1) is 8.83. The molecule has 0 spiro atoms. The molecule has 2 heterocycles. The molecule has 0 aromatic carbocycles. The molecule has 3 aliphatic rings. The van der Waals surface area contributed by atoms with Crippen LogP contribution >= 0.6 is 11.8 Å². The van der Waals surface area contributed by atoms with Crippen molar-refractivity contribution in [2.45, 2.75) is 62.3 Å². The minimum absolute atomic E-state index is 0.0875. The maximum Gasteiger partial charge on any atom is 0.237 e. The average Bonchev–Trinajstić information content (AvgIpc) is 3.04. The van der Waals surface area contributed by atoms with Crippen molar-refractivity contribution in [3.05, 3.63) is 0 Å². The van der Waals surface area contributed by atoms with Gasteiger partial charge in [-0.25, -0.2) is 0 Å². The molecule has 3 rings (SSSR count). The van der Waals surface area contributed by atoms with Crippen LogP contribution in [0.5, 0.6) is 0 Å². The molecule has 2 aliphatic heterocycles. The number of hydrogen-bond acceptors (Lipinski definition) is 3. The second-order valence-electron chi connectivity index (χ2n) is 5.99. The number of nitrogens with one attached hydrogen (secondary N) is 2. The Bertz CT molecular complexity index is 290. The Morgan fingerprint density at radius 1 is 1.22 bits per heavy atom. The lowest BCUT2D eigenvalue weighted by Gasteiger charge is -2.24. The van der Waals surface area contributed by atoms with Crippen LogP contribution in [-0.4, -0.2) is 35.5 Å². The smallest absolute Gasteiger partial charge is 0.237 e. The molecule has 4 atom stereocenters. The lowest BCUT2D eigenvalue weighted by Crippen LogP contribution is -2.44. The van der Waals surface area contributed by atoms with Crippen LogP contribution in [-0.2, 0) is 4.79 Å². The fourth-order valence-corrected chi connectivity index (χ4v) is 4.87. The van der Waals surface area contributed by atoms with E-state index in [2.05, 4.69) is 10.6 Å². The number of hydrogen-bond donors (Lipinski definition) is 2. The number of carbonyl (C=O) groups is 1. The summed E-state index contributed by atoms with van der Waals surface area (Å²) in [6, 6.07) is 0.708. The van der Waals surface area contributed by atoms with Gasteiger partial charge in [0.05, 0.1) is 6.04 Å². The molecule has 0 aromatic heterocycles. The molecule has 3 fully saturated rings. The average molecular weight is 268 g/mol. The van der Waals surface area contributed by atoms with Crippen LogP contribution < -0.4 is 10.6 Å². The quantitative estimate of drug-likeness (QED) is 0.821. The maximum absolute atomic E-state index is 12.2. The van der Waals surface area contributed by atoms with Gasteiger partial charge in [-0.2, -0.15) is 11.8 Å². The van der Waals surface area contributed by atoms with Gasteiger partial charge in [0.15, 0.2) is 0 Å². The van der Waals surface area contributed by atoms with Gasteiger partial charge >= 0.3 is 0 Å². The van der Waals surface area contributed by atoms with E-state index < -0.39 is 0 Å². The van der Waals surface area contributed by atoms with Crippen molar-refractivity contribution >= 4 is 17.7 Å². The summed E-state index contributed by atoms with van der Waals surface area (Å²) in [5.41, 5.74) is 0. The minimum atomic E-state index is 0.0875. The summed E-state index contributed by atoms with van der Waals surface area (Å²) in [6.45, 7) is 0.872. The summed E-state index contributed by atoms with van der Waals surface area (Å²) in [6.07, 6.45) is 8.93. The number of fused-ring (bicyclic) bond motifs is 1. The fourth-order valence-electron chi connectivity index (χ4n) is 3.66. The van der Waals surface area contributed by atoms with Gasteiger partial charge in [-0.05, 0) is 43.8 Å². The molecular formula is C14H24N2OS. The monoisotopic (exact) mass is 268 g/mol. The van der Waals surface area contributed by atoms with E-state index in [4.69, 9.17) is 0 Å². The van der Waals surface area contributed by atoms with Crippen molar-refractivity contribution in [1.82, 2.24) is 10.6 Å². The van der Waals surface area contributed by atoms with Gasteiger partial charge < -0.3 is 10.6 Å². The van der Waals surface area contributed by atoms with Crippen molar-refractivity contribution < 1.29 is 4.79 Å². The van der Waals surface area contributed by atoms with Crippen molar-refractivity contribution in [2.24, 2.45) is 5.92 Å². The first-order valence-corrected chi connectivity index (χ1v) is 8.53. The Morgan fingerprint density at radius 3 is 2.89 bits per heavy atom. The number of thioether (sulfide) groups is 1. The molecule has 102 valence electrons. The molecule has 2 saturated heterocycles. The molecule has 1 amide bonds. The third-order valence-electron chi connectivity index (χ3n) is 4.71. The van der Waals surface area contributed by atoms with Gasteiger partial charge in [-0.3, -0.25) is 4.79 Å². The van der Waals surface area contributed by atoms with Gasteiger partial charge in [-0.15, -0.1) is 0 Å². The zero-order valence-corrected chi connectivity index (χ0v) is 11.8. The largest absolute Gasteiger partial charge is 0.354 e. The zero-order valence-electron chi connectivity index (χ0n) is 11.0. The second kappa shape index (κ2) is 5.83. The Hall–Kier alpha value is -0.220. The van der Waals surface area contributed by atoms with Gasteiger partial charge in [0.2, 0.25) is 5.91 Å². The van der Waals surface area contributed by atoms with E-state index in [0.29, 0.717) is 11.3 Å². The predicted molar refractivity (Wildman–Crippen MR) is 75.8 cm³/mol. The molecular weight excluding hydrogens is 244 g/mol. The van der Waals surface area contributed by atoms with Crippen LogP contribution in [0.3, 0.4) is 0 Å². The normalized spacial score (nSPS) is 39.6. The first-order valence-electron chi connectivity index (χ1n) is 7.48. The van der Waals surface area contributed by atoms with E-state index in [0.717, 1.165) is 18.9 Å². The topological polar surface area (TPSA) is 41.1 Å². The van der Waals surface area contributed by atoms with Crippen LogP contribution in [0.25, 0.3) is 0 Å². The molecule has 0 aromatic rings. The molecule has 4 unspecified atom stereocenters. The third-order valence-corrected chi connectivity index (χ3v) is 6.11. The summed E-state index contributed by atoms with van der Waals surface area (Å²) in [5.74, 6) is 2.28. The van der Waals surface area contributed by atoms with Crippen molar-refractivity contribution in [2.75, 3.05) is 12.3 Å². The van der Waals surface area contributed by atoms with E-state index in [1.165, 1.54) is 44.3 Å². The van der Waals surface area contributed by atoms with Crippen molar-refractivity contribution in [3.8, 4) is 0 Å². The number of carbonyl (C=O) groups excluding carboxylic acids is 1. The maximum atomic E-state index is 12.2. The summed E-state index contributed by atoms with van der Waals surface area (Å²) < 4.78 is 0. The summed E-state index contributed by atoms with van der Waals surface area (Å²) >= 11 is 2.01. The van der Waals surface area contributed by atoms with Crippen LogP contribution in [0, 0.1) is 5.92 Å². The first kappa shape index (κ1) is 12.8. The Balaban J connectivity index is 1.45. The number of amides is 1. The summed E-state index contributed by atoms with van der Waals surface area (Å²) in [5, 5.41) is 7.37. The molecule has 18 heavy (non-hydrogen) atoms. The Morgan fingerprint density at radius 2 is 2.11 bits per heavy atom.